The molecule has 0 aliphatic rings. The maximum absolute atomic E-state index is 13.8. The minimum absolute atomic E-state index is 0.00144. The molecule has 2 amide bonds. The molecule has 0 bridgehead atoms. The van der Waals surface area contributed by atoms with Crippen LogP contribution in [0.1, 0.15) is 39.7 Å². The molecule has 192 valence electrons. The number of halogens is 3. The average Bonchev–Trinajstić information content (AvgIpc) is 2.73. The summed E-state index contributed by atoms with van der Waals surface area (Å²) in [4.78, 5) is 27.9. The number of amides is 2. The van der Waals surface area contributed by atoms with Gasteiger partial charge >= 0.3 is 0 Å². The summed E-state index contributed by atoms with van der Waals surface area (Å²) in [6.45, 7) is 6.43. The Hall–Kier alpha value is -2.72. The first-order valence-corrected chi connectivity index (χ1v) is 13.1. The van der Waals surface area contributed by atoms with Gasteiger partial charge in [0.2, 0.25) is 21.8 Å². The van der Waals surface area contributed by atoms with Crippen LogP contribution in [0.2, 0.25) is 5.02 Å². The molecule has 1 unspecified atom stereocenters. The zero-order chi connectivity index (χ0) is 26.6. The van der Waals surface area contributed by atoms with Gasteiger partial charge in [0.1, 0.15) is 12.6 Å². The Morgan fingerprint density at radius 2 is 1.66 bits per heavy atom. The van der Waals surface area contributed by atoms with E-state index in [1.807, 2.05) is 0 Å². The highest BCUT2D eigenvalue weighted by atomic mass is 35.5. The van der Waals surface area contributed by atoms with Crippen LogP contribution < -0.4 is 9.62 Å². The Balaban J connectivity index is 2.47. The lowest BCUT2D eigenvalue weighted by molar-refractivity contribution is -0.141. The lowest BCUT2D eigenvalue weighted by atomic mass is 10.1. The van der Waals surface area contributed by atoms with Gasteiger partial charge in [0.05, 0.1) is 11.9 Å². The summed E-state index contributed by atoms with van der Waals surface area (Å²) >= 11 is 5.96. The van der Waals surface area contributed by atoms with E-state index in [0.717, 1.165) is 18.4 Å². The summed E-state index contributed by atoms with van der Waals surface area (Å²) in [5.41, 5.74) is -0.105. The molecule has 0 fully saturated rings. The fourth-order valence-corrected chi connectivity index (χ4v) is 4.38. The fourth-order valence-electron chi connectivity index (χ4n) is 3.41. The van der Waals surface area contributed by atoms with Crippen LogP contribution in [0.25, 0.3) is 0 Å². The van der Waals surface area contributed by atoms with Crippen LogP contribution in [0.5, 0.6) is 0 Å². The van der Waals surface area contributed by atoms with E-state index in [2.05, 4.69) is 5.32 Å². The number of hydrogen-bond acceptors (Lipinski definition) is 4. The highest BCUT2D eigenvalue weighted by Gasteiger charge is 2.33. The third-order valence-electron chi connectivity index (χ3n) is 5.02. The second-order valence-electron chi connectivity index (χ2n) is 9.18. The summed E-state index contributed by atoms with van der Waals surface area (Å²) in [5, 5.41) is 3.34. The molecular formula is C24H30ClF2N3O4S. The molecule has 0 aromatic heterocycles. The van der Waals surface area contributed by atoms with Crippen molar-refractivity contribution in [2.75, 3.05) is 17.1 Å². The first kappa shape index (κ1) is 28.5. The van der Waals surface area contributed by atoms with Gasteiger partial charge in [-0.05, 0) is 57.0 Å². The van der Waals surface area contributed by atoms with Gasteiger partial charge in [-0.2, -0.15) is 0 Å². The molecule has 0 saturated heterocycles. The molecule has 0 spiro atoms. The van der Waals surface area contributed by atoms with Gasteiger partial charge < -0.3 is 10.2 Å². The Morgan fingerprint density at radius 1 is 1.06 bits per heavy atom. The Labute approximate surface area is 210 Å². The van der Waals surface area contributed by atoms with Crippen LogP contribution in [0.15, 0.2) is 42.5 Å². The molecule has 0 aliphatic carbocycles. The molecule has 0 aliphatic heterocycles. The first-order chi connectivity index (χ1) is 16.1. The SMILES string of the molecule is CCC(C(=O)NC(C)(C)C)N(Cc1ccc(Cl)cc1)C(=O)CN(c1ccc(F)c(F)c1)S(C)(=O)=O. The number of nitrogens with zero attached hydrogens (tertiary/aromatic N) is 2. The second kappa shape index (κ2) is 11.3. The largest absolute Gasteiger partial charge is 0.350 e. The van der Waals surface area contributed by atoms with Crippen LogP contribution >= 0.6 is 11.6 Å². The minimum Gasteiger partial charge on any atom is -0.350 e. The third-order valence-corrected chi connectivity index (χ3v) is 6.41. The van der Waals surface area contributed by atoms with E-state index in [-0.39, 0.29) is 18.7 Å². The van der Waals surface area contributed by atoms with Crippen molar-refractivity contribution in [1.29, 1.82) is 0 Å². The quantitative estimate of drug-likeness (QED) is 0.529. The van der Waals surface area contributed by atoms with Crippen LogP contribution in [-0.2, 0) is 26.2 Å². The van der Waals surface area contributed by atoms with Crippen molar-refractivity contribution >= 4 is 39.1 Å². The van der Waals surface area contributed by atoms with Gasteiger partial charge in [0.15, 0.2) is 11.6 Å². The predicted octanol–water partition coefficient (Wildman–Crippen LogP) is 4.11. The first-order valence-electron chi connectivity index (χ1n) is 10.9. The maximum Gasteiger partial charge on any atom is 0.244 e. The van der Waals surface area contributed by atoms with Crippen molar-refractivity contribution in [3.05, 3.63) is 64.7 Å². The predicted molar refractivity (Wildman–Crippen MR) is 133 cm³/mol. The molecule has 0 saturated carbocycles. The third kappa shape index (κ3) is 8.17. The average molecular weight is 530 g/mol. The standard InChI is InChI=1S/C24H30ClF2N3O4S/c1-6-21(23(32)28-24(2,3)4)29(14-16-7-9-17(25)10-8-16)22(31)15-30(35(5,33)34)18-11-12-19(26)20(27)13-18/h7-13,21H,6,14-15H2,1-5H3,(H,28,32). The number of rotatable bonds is 9. The lowest BCUT2D eigenvalue weighted by Crippen LogP contribution is -2.55. The summed E-state index contributed by atoms with van der Waals surface area (Å²) in [5.74, 6) is -3.49. The molecule has 7 nitrogen and oxygen atoms in total. The van der Waals surface area contributed by atoms with Gasteiger partial charge in [0.25, 0.3) is 0 Å². The smallest absolute Gasteiger partial charge is 0.244 e. The van der Waals surface area contributed by atoms with Gasteiger partial charge in [-0.3, -0.25) is 13.9 Å². The molecule has 2 rings (SSSR count). The molecule has 11 heteroatoms. The number of carbonyl (C=O) groups excluding carboxylic acids is 2. The highest BCUT2D eigenvalue weighted by molar-refractivity contribution is 7.92. The van der Waals surface area contributed by atoms with Crippen LogP contribution in [0, 0.1) is 11.6 Å². The Morgan fingerprint density at radius 3 is 2.14 bits per heavy atom. The van der Waals surface area contributed by atoms with Crippen molar-refractivity contribution < 1.29 is 26.8 Å². The van der Waals surface area contributed by atoms with E-state index in [0.29, 0.717) is 21.0 Å². The molecule has 0 radical (unpaired) electrons. The molecular weight excluding hydrogens is 500 g/mol. The Bertz CT molecular complexity index is 1170. The van der Waals surface area contributed by atoms with Gasteiger partial charge in [0, 0.05) is 23.2 Å². The van der Waals surface area contributed by atoms with Gasteiger partial charge in [-0.1, -0.05) is 30.7 Å². The van der Waals surface area contributed by atoms with E-state index < -0.39 is 51.6 Å². The summed E-state index contributed by atoms with van der Waals surface area (Å²) in [6.07, 6.45) is 1.11. The summed E-state index contributed by atoms with van der Waals surface area (Å²) in [7, 11) is -4.06. The van der Waals surface area contributed by atoms with Crippen molar-refractivity contribution in [2.45, 2.75) is 52.2 Å². The van der Waals surface area contributed by atoms with E-state index in [1.165, 1.54) is 4.90 Å². The van der Waals surface area contributed by atoms with Crippen LogP contribution in [-0.4, -0.2) is 49.5 Å². The zero-order valence-corrected chi connectivity index (χ0v) is 21.9. The van der Waals surface area contributed by atoms with Gasteiger partial charge in [-0.15, -0.1) is 0 Å². The van der Waals surface area contributed by atoms with E-state index in [4.69, 9.17) is 11.6 Å². The van der Waals surface area contributed by atoms with Crippen molar-refractivity contribution in [3.63, 3.8) is 0 Å². The number of anilines is 1. The Kier molecular flexibility index (Phi) is 9.24. The molecule has 2 aromatic rings. The molecule has 2 aromatic carbocycles. The monoisotopic (exact) mass is 529 g/mol. The van der Waals surface area contributed by atoms with Crippen LogP contribution in [0.4, 0.5) is 14.5 Å². The number of carbonyl (C=O) groups is 2. The fraction of sp³-hybridized carbons (Fsp3) is 0.417. The van der Waals surface area contributed by atoms with Gasteiger partial charge in [-0.25, -0.2) is 17.2 Å². The topological polar surface area (TPSA) is 86.8 Å². The number of sulfonamides is 1. The second-order valence-corrected chi connectivity index (χ2v) is 11.5. The van der Waals surface area contributed by atoms with Crippen molar-refractivity contribution in [2.24, 2.45) is 0 Å². The number of benzene rings is 2. The molecule has 1 atom stereocenters. The van der Waals surface area contributed by atoms with Crippen molar-refractivity contribution in [3.8, 4) is 0 Å². The molecule has 0 heterocycles. The number of hydrogen-bond donors (Lipinski definition) is 1. The molecule has 35 heavy (non-hydrogen) atoms. The minimum atomic E-state index is -4.06. The van der Waals surface area contributed by atoms with E-state index >= 15 is 0 Å². The summed E-state index contributed by atoms with van der Waals surface area (Å²) < 4.78 is 52.9. The van der Waals surface area contributed by atoms with Crippen LogP contribution in [0.3, 0.4) is 0 Å². The normalized spacial score (nSPS) is 12.7. The summed E-state index contributed by atoms with van der Waals surface area (Å²) in [6, 6.07) is 8.31. The molecule has 1 N–H and O–H groups in total. The zero-order valence-electron chi connectivity index (χ0n) is 20.3. The maximum atomic E-state index is 13.8. The van der Waals surface area contributed by atoms with Crippen molar-refractivity contribution in [1.82, 2.24) is 10.2 Å². The van der Waals surface area contributed by atoms with E-state index in [9.17, 15) is 26.8 Å². The number of nitrogens with one attached hydrogen (secondary N) is 1. The lowest BCUT2D eigenvalue weighted by Gasteiger charge is -2.34. The highest BCUT2D eigenvalue weighted by Crippen LogP contribution is 2.22. The van der Waals surface area contributed by atoms with E-state index in [1.54, 1.807) is 52.0 Å².